The lowest BCUT2D eigenvalue weighted by atomic mass is 10.0. The van der Waals surface area contributed by atoms with Gasteiger partial charge in [0.2, 0.25) is 0 Å². The zero-order valence-electron chi connectivity index (χ0n) is 20.4. The van der Waals surface area contributed by atoms with Crippen LogP contribution in [-0.4, -0.2) is 33.6 Å². The number of carbonyl (C=O) groups excluding carboxylic acids is 1. The van der Waals surface area contributed by atoms with E-state index in [-0.39, 0.29) is 29.1 Å². The Morgan fingerprint density at radius 1 is 1.08 bits per heavy atom. The smallest absolute Gasteiger partial charge is 0.333 e. The second kappa shape index (κ2) is 11.2. The molecule has 39 heavy (non-hydrogen) atoms. The molecule has 1 aliphatic rings. The van der Waals surface area contributed by atoms with E-state index in [1.54, 1.807) is 30.3 Å². The molecule has 0 spiro atoms. The van der Waals surface area contributed by atoms with Gasteiger partial charge in [0, 0.05) is 49.9 Å². The number of hydrogen-bond acceptors (Lipinski definition) is 3. The van der Waals surface area contributed by atoms with Crippen LogP contribution in [0.25, 0.3) is 17.0 Å². The number of rotatable bonds is 5. The molecular weight excluding hydrogens is 572 g/mol. The summed E-state index contributed by atoms with van der Waals surface area (Å²) in [5.41, 5.74) is 2.16. The number of nitrogens with one attached hydrogen (secondary N) is 1. The Balaban J connectivity index is 1.45. The number of hydrogen-bond donors (Lipinski definition) is 1. The van der Waals surface area contributed by atoms with E-state index in [1.807, 2.05) is 23.1 Å². The van der Waals surface area contributed by atoms with Gasteiger partial charge in [0.15, 0.2) is 0 Å². The average Bonchev–Trinajstić information content (AvgIpc) is 3.23. The summed E-state index contributed by atoms with van der Waals surface area (Å²) in [7, 11) is 0. The standard InChI is InChI=1S/C28H22Cl3F3N4O/c29-21-7-6-17(13-22(21)30)3-2-11-37-12-9-23-19(16-37)26-20(28(32,33)34)4-1-5-24(26)38(23)27(39)36-15-18-8-10-35-25(31)14-18/h1-8,10,13-14H,9,11-12,15-16H2,(H,36,39)/b3-2+. The highest BCUT2D eigenvalue weighted by molar-refractivity contribution is 6.42. The molecule has 2 aromatic carbocycles. The molecular formula is C28H22Cl3F3N4O. The summed E-state index contributed by atoms with van der Waals surface area (Å²) < 4.78 is 43.6. The van der Waals surface area contributed by atoms with Crippen LogP contribution >= 0.6 is 34.8 Å². The van der Waals surface area contributed by atoms with Crippen molar-refractivity contribution in [2.75, 3.05) is 13.1 Å². The Hall–Kier alpha value is -3.04. The van der Waals surface area contributed by atoms with Crippen LogP contribution in [0.4, 0.5) is 18.0 Å². The van der Waals surface area contributed by atoms with Crippen molar-refractivity contribution in [1.82, 2.24) is 19.8 Å². The van der Waals surface area contributed by atoms with Crippen LogP contribution in [0.2, 0.25) is 15.2 Å². The second-order valence-corrected chi connectivity index (χ2v) is 10.4. The van der Waals surface area contributed by atoms with Crippen LogP contribution < -0.4 is 5.32 Å². The molecule has 3 heterocycles. The third kappa shape index (κ3) is 5.94. The molecule has 202 valence electrons. The number of fused-ring (bicyclic) bond motifs is 3. The van der Waals surface area contributed by atoms with Gasteiger partial charge in [0.05, 0.1) is 21.1 Å². The second-order valence-electron chi connectivity index (χ2n) is 9.16. The van der Waals surface area contributed by atoms with Crippen LogP contribution in [0.15, 0.2) is 60.8 Å². The van der Waals surface area contributed by atoms with E-state index in [2.05, 4.69) is 10.3 Å². The van der Waals surface area contributed by atoms with Crippen molar-refractivity contribution in [2.45, 2.75) is 25.7 Å². The first kappa shape index (κ1) is 27.5. The van der Waals surface area contributed by atoms with E-state index in [0.29, 0.717) is 40.8 Å². The number of benzene rings is 2. The van der Waals surface area contributed by atoms with E-state index in [1.165, 1.54) is 16.8 Å². The first-order chi connectivity index (χ1) is 18.6. The van der Waals surface area contributed by atoms with E-state index >= 15 is 0 Å². The summed E-state index contributed by atoms with van der Waals surface area (Å²) in [6.07, 6.45) is 1.19. The molecule has 5 rings (SSSR count). The van der Waals surface area contributed by atoms with E-state index in [9.17, 15) is 18.0 Å². The third-order valence-electron chi connectivity index (χ3n) is 6.61. The molecule has 1 N–H and O–H groups in total. The van der Waals surface area contributed by atoms with Gasteiger partial charge in [-0.25, -0.2) is 9.78 Å². The summed E-state index contributed by atoms with van der Waals surface area (Å²) >= 11 is 18.0. The molecule has 0 radical (unpaired) electrons. The van der Waals surface area contributed by atoms with Crippen LogP contribution in [0, 0.1) is 0 Å². The minimum atomic E-state index is -4.57. The van der Waals surface area contributed by atoms with Crippen molar-refractivity contribution in [3.05, 3.63) is 104 Å². The number of halogens is 6. The quantitative estimate of drug-likeness (QED) is 0.240. The summed E-state index contributed by atoms with van der Waals surface area (Å²) in [4.78, 5) is 19.3. The predicted molar refractivity (Wildman–Crippen MR) is 148 cm³/mol. The van der Waals surface area contributed by atoms with E-state index < -0.39 is 17.8 Å². The van der Waals surface area contributed by atoms with Gasteiger partial charge in [-0.15, -0.1) is 0 Å². The van der Waals surface area contributed by atoms with Gasteiger partial charge in [0.25, 0.3) is 0 Å². The maximum Gasteiger partial charge on any atom is 0.417 e. The highest BCUT2D eigenvalue weighted by Crippen LogP contribution is 2.40. The minimum Gasteiger partial charge on any atom is -0.333 e. The highest BCUT2D eigenvalue weighted by Gasteiger charge is 2.37. The summed E-state index contributed by atoms with van der Waals surface area (Å²) in [6.45, 7) is 1.50. The molecule has 0 unspecified atom stereocenters. The van der Waals surface area contributed by atoms with Gasteiger partial charge in [-0.1, -0.05) is 59.1 Å². The first-order valence-electron chi connectivity index (χ1n) is 12.1. The lowest BCUT2D eigenvalue weighted by molar-refractivity contribution is -0.136. The molecule has 0 aliphatic carbocycles. The Morgan fingerprint density at radius 3 is 2.64 bits per heavy atom. The number of aromatic nitrogens is 2. The molecule has 1 aliphatic heterocycles. The molecule has 2 aromatic heterocycles. The van der Waals surface area contributed by atoms with Gasteiger partial charge in [0.1, 0.15) is 5.15 Å². The number of alkyl halides is 3. The van der Waals surface area contributed by atoms with Crippen molar-refractivity contribution in [3.63, 3.8) is 0 Å². The molecule has 0 fully saturated rings. The van der Waals surface area contributed by atoms with Crippen LogP contribution in [0.3, 0.4) is 0 Å². The van der Waals surface area contributed by atoms with E-state index in [4.69, 9.17) is 34.8 Å². The largest absolute Gasteiger partial charge is 0.417 e. The zero-order valence-corrected chi connectivity index (χ0v) is 22.7. The third-order valence-corrected chi connectivity index (χ3v) is 7.56. The fourth-order valence-corrected chi connectivity index (χ4v) is 5.36. The van der Waals surface area contributed by atoms with Crippen LogP contribution in [-0.2, 0) is 25.7 Å². The zero-order chi connectivity index (χ0) is 27.7. The minimum absolute atomic E-state index is 0.0558. The van der Waals surface area contributed by atoms with Crippen molar-refractivity contribution >= 4 is 57.8 Å². The first-order valence-corrected chi connectivity index (χ1v) is 13.2. The highest BCUT2D eigenvalue weighted by atomic mass is 35.5. The Kier molecular flexibility index (Phi) is 7.91. The van der Waals surface area contributed by atoms with Gasteiger partial charge in [-0.3, -0.25) is 9.47 Å². The maximum atomic E-state index is 14.1. The lowest BCUT2D eigenvalue weighted by Crippen LogP contribution is -2.34. The summed E-state index contributed by atoms with van der Waals surface area (Å²) in [6, 6.07) is 12.1. The number of nitrogens with zero attached hydrogens (tertiary/aromatic N) is 3. The predicted octanol–water partition coefficient (Wildman–Crippen LogP) is 7.84. The monoisotopic (exact) mass is 592 g/mol. The van der Waals surface area contributed by atoms with Crippen LogP contribution in [0.1, 0.15) is 27.9 Å². The normalized spacial score (nSPS) is 14.2. The topological polar surface area (TPSA) is 50.2 Å². The van der Waals surface area contributed by atoms with Crippen molar-refractivity contribution in [2.24, 2.45) is 0 Å². The van der Waals surface area contributed by atoms with Crippen LogP contribution in [0.5, 0.6) is 0 Å². The van der Waals surface area contributed by atoms with Crippen molar-refractivity contribution < 1.29 is 18.0 Å². The molecule has 4 aromatic rings. The average molecular weight is 594 g/mol. The SMILES string of the molecule is O=C(NCc1ccnc(Cl)c1)n1c2c(c3c(C(F)(F)F)cccc31)CN(C/C=C/c1ccc(Cl)c(Cl)c1)CC2. The summed E-state index contributed by atoms with van der Waals surface area (Å²) in [5.74, 6) is 0. The fourth-order valence-electron chi connectivity index (χ4n) is 4.86. The molecule has 1 amide bonds. The Bertz CT molecular complexity index is 1580. The van der Waals surface area contributed by atoms with Gasteiger partial charge < -0.3 is 5.32 Å². The molecule has 11 heteroatoms. The molecule has 5 nitrogen and oxygen atoms in total. The number of pyridine rings is 1. The maximum absolute atomic E-state index is 14.1. The molecule has 0 saturated heterocycles. The number of carbonyl (C=O) groups is 1. The summed E-state index contributed by atoms with van der Waals surface area (Å²) in [5, 5.41) is 4.06. The van der Waals surface area contributed by atoms with Gasteiger partial charge in [-0.05, 0) is 53.1 Å². The number of amides is 1. The Morgan fingerprint density at radius 2 is 1.90 bits per heavy atom. The Labute approximate surface area is 237 Å². The molecule has 0 atom stereocenters. The van der Waals surface area contributed by atoms with Crippen molar-refractivity contribution in [1.29, 1.82) is 0 Å². The van der Waals surface area contributed by atoms with Gasteiger partial charge >= 0.3 is 12.2 Å². The molecule has 0 bridgehead atoms. The van der Waals surface area contributed by atoms with Crippen molar-refractivity contribution in [3.8, 4) is 0 Å². The van der Waals surface area contributed by atoms with E-state index in [0.717, 1.165) is 17.2 Å². The lowest BCUT2D eigenvalue weighted by Gasteiger charge is -2.27. The fraction of sp³-hybridized carbons (Fsp3) is 0.214. The molecule has 0 saturated carbocycles. The van der Waals surface area contributed by atoms with Gasteiger partial charge in [-0.2, -0.15) is 13.2 Å².